The fourth-order valence-electron chi connectivity index (χ4n) is 2.46. The molecular weight excluding hydrogens is 252 g/mol. The Hall–Kier alpha value is -1.91. The third kappa shape index (κ3) is 3.35. The Morgan fingerprint density at radius 3 is 2.85 bits per heavy atom. The van der Waals surface area contributed by atoms with E-state index in [0.29, 0.717) is 5.82 Å². The van der Waals surface area contributed by atoms with Crippen LogP contribution in [0.4, 0.5) is 17.3 Å². The first kappa shape index (κ1) is 14.5. The minimum Gasteiger partial charge on any atom is -0.740 e. The third-order valence-corrected chi connectivity index (χ3v) is 3.40. The molecule has 110 valence electrons. The second-order valence-electron chi connectivity index (χ2n) is 5.73. The number of rotatable bonds is 3. The number of hydrogen-bond donors (Lipinski definition) is 2. The van der Waals surface area contributed by atoms with Crippen LogP contribution in [0, 0.1) is 5.21 Å². The summed E-state index contributed by atoms with van der Waals surface area (Å²) >= 11 is 0. The van der Waals surface area contributed by atoms with Crippen molar-refractivity contribution in [2.24, 2.45) is 0 Å². The minimum atomic E-state index is 0.190. The van der Waals surface area contributed by atoms with Gasteiger partial charge in [-0.05, 0) is 33.6 Å². The lowest BCUT2D eigenvalue weighted by atomic mass is 10.2. The van der Waals surface area contributed by atoms with Gasteiger partial charge in [0.15, 0.2) is 0 Å². The standard InChI is InChI=1S/C15H24N4O/c1-11(2)17-15-9-13(8-14(16)19(15)20)18-7-5-4-6-12(3)10-18/h6,8-9,11,17H,4-5,7,10,16H2,1-3H3. The van der Waals surface area contributed by atoms with E-state index in [0.717, 1.165) is 36.3 Å². The van der Waals surface area contributed by atoms with Crippen molar-refractivity contribution in [2.45, 2.75) is 39.7 Å². The van der Waals surface area contributed by atoms with Gasteiger partial charge in [-0.3, -0.25) is 0 Å². The molecule has 0 saturated carbocycles. The molecule has 1 aromatic rings. The predicted molar refractivity (Wildman–Crippen MR) is 83.8 cm³/mol. The fraction of sp³-hybridized carbons (Fsp3) is 0.533. The van der Waals surface area contributed by atoms with E-state index in [1.807, 2.05) is 19.9 Å². The van der Waals surface area contributed by atoms with Gasteiger partial charge in [-0.2, -0.15) is 0 Å². The van der Waals surface area contributed by atoms with Crippen molar-refractivity contribution in [1.29, 1.82) is 0 Å². The zero-order valence-electron chi connectivity index (χ0n) is 12.5. The summed E-state index contributed by atoms with van der Waals surface area (Å²) in [6.45, 7) is 8.02. The fourth-order valence-corrected chi connectivity index (χ4v) is 2.46. The summed E-state index contributed by atoms with van der Waals surface area (Å²) in [6.07, 6.45) is 4.52. The molecule has 0 spiro atoms. The average Bonchev–Trinajstić information content (AvgIpc) is 2.59. The van der Waals surface area contributed by atoms with E-state index in [-0.39, 0.29) is 11.9 Å². The molecule has 2 heterocycles. The zero-order chi connectivity index (χ0) is 14.7. The molecular formula is C15H24N4O. The van der Waals surface area contributed by atoms with Crippen LogP contribution in [0.2, 0.25) is 0 Å². The molecule has 1 aliphatic heterocycles. The van der Waals surface area contributed by atoms with Crippen molar-refractivity contribution in [3.8, 4) is 0 Å². The normalized spacial score (nSPS) is 16.0. The maximum absolute atomic E-state index is 12.0. The second-order valence-corrected chi connectivity index (χ2v) is 5.73. The highest BCUT2D eigenvalue weighted by Gasteiger charge is 2.15. The summed E-state index contributed by atoms with van der Waals surface area (Å²) in [5, 5.41) is 15.1. The van der Waals surface area contributed by atoms with Gasteiger partial charge in [-0.15, -0.1) is 0 Å². The SMILES string of the molecule is CC1=CCCCN(c2cc(N)[n+]([O-])c(NC(C)C)c2)C1. The number of nitrogens with one attached hydrogen (secondary N) is 1. The minimum absolute atomic E-state index is 0.190. The molecule has 0 saturated heterocycles. The highest BCUT2D eigenvalue weighted by molar-refractivity contribution is 5.57. The summed E-state index contributed by atoms with van der Waals surface area (Å²) in [6, 6.07) is 3.84. The summed E-state index contributed by atoms with van der Waals surface area (Å²) in [7, 11) is 0. The number of nitrogens with zero attached hydrogens (tertiary/aromatic N) is 2. The van der Waals surface area contributed by atoms with Crippen LogP contribution in [0.1, 0.15) is 33.6 Å². The van der Waals surface area contributed by atoms with Gasteiger partial charge in [0.2, 0.25) is 11.6 Å². The molecule has 0 bridgehead atoms. The summed E-state index contributed by atoms with van der Waals surface area (Å²) in [4.78, 5) is 2.28. The summed E-state index contributed by atoms with van der Waals surface area (Å²) in [5.41, 5.74) is 8.21. The summed E-state index contributed by atoms with van der Waals surface area (Å²) in [5.74, 6) is 0.748. The van der Waals surface area contributed by atoms with E-state index in [2.05, 4.69) is 23.2 Å². The van der Waals surface area contributed by atoms with E-state index in [4.69, 9.17) is 5.73 Å². The van der Waals surface area contributed by atoms with Gasteiger partial charge < -0.3 is 21.2 Å². The van der Waals surface area contributed by atoms with Gasteiger partial charge in [0.25, 0.3) is 0 Å². The van der Waals surface area contributed by atoms with E-state index >= 15 is 0 Å². The van der Waals surface area contributed by atoms with Crippen LogP contribution in [-0.2, 0) is 0 Å². The number of anilines is 3. The van der Waals surface area contributed by atoms with Crippen molar-refractivity contribution >= 4 is 17.3 Å². The quantitative estimate of drug-likeness (QED) is 0.505. The largest absolute Gasteiger partial charge is 0.740 e. The first-order valence-electron chi connectivity index (χ1n) is 7.17. The molecule has 2 rings (SSSR count). The van der Waals surface area contributed by atoms with Crippen molar-refractivity contribution in [3.63, 3.8) is 0 Å². The van der Waals surface area contributed by atoms with E-state index in [1.54, 1.807) is 6.07 Å². The molecule has 3 N–H and O–H groups in total. The van der Waals surface area contributed by atoms with Crippen LogP contribution in [0.15, 0.2) is 23.8 Å². The van der Waals surface area contributed by atoms with Crippen molar-refractivity contribution in [3.05, 3.63) is 29.0 Å². The van der Waals surface area contributed by atoms with Crippen molar-refractivity contribution in [1.82, 2.24) is 0 Å². The molecule has 5 nitrogen and oxygen atoms in total. The number of hydrogen-bond acceptors (Lipinski definition) is 4. The molecule has 0 fully saturated rings. The number of nitrogen functional groups attached to an aromatic ring is 1. The van der Waals surface area contributed by atoms with E-state index in [1.165, 1.54) is 5.57 Å². The van der Waals surface area contributed by atoms with Gasteiger partial charge in [0.1, 0.15) is 0 Å². The average molecular weight is 276 g/mol. The van der Waals surface area contributed by atoms with Crippen LogP contribution >= 0.6 is 0 Å². The molecule has 0 atom stereocenters. The smallest absolute Gasteiger partial charge is 0.224 e. The number of pyridine rings is 1. The van der Waals surface area contributed by atoms with Gasteiger partial charge in [0, 0.05) is 25.2 Å². The number of aromatic nitrogens is 1. The lowest BCUT2D eigenvalue weighted by molar-refractivity contribution is -0.574. The van der Waals surface area contributed by atoms with Gasteiger partial charge in [-0.25, -0.2) is 4.73 Å². The highest BCUT2D eigenvalue weighted by Crippen LogP contribution is 2.23. The van der Waals surface area contributed by atoms with Gasteiger partial charge >= 0.3 is 0 Å². The molecule has 0 aliphatic carbocycles. The van der Waals surface area contributed by atoms with E-state index < -0.39 is 0 Å². The number of nitrogens with two attached hydrogens (primary N) is 1. The molecule has 20 heavy (non-hydrogen) atoms. The van der Waals surface area contributed by atoms with Crippen LogP contribution < -0.4 is 20.7 Å². The lowest BCUT2D eigenvalue weighted by Crippen LogP contribution is -2.37. The maximum Gasteiger partial charge on any atom is 0.224 e. The number of allylic oxidation sites excluding steroid dienone is 1. The predicted octanol–water partition coefficient (Wildman–Crippen LogP) is 2.27. The molecule has 5 heteroatoms. The topological polar surface area (TPSA) is 68.2 Å². The Morgan fingerprint density at radius 2 is 2.15 bits per heavy atom. The molecule has 1 aromatic heterocycles. The zero-order valence-corrected chi connectivity index (χ0v) is 12.5. The Balaban J connectivity index is 2.31. The van der Waals surface area contributed by atoms with Crippen LogP contribution in [0.3, 0.4) is 0 Å². The van der Waals surface area contributed by atoms with Gasteiger partial charge in [-0.1, -0.05) is 11.6 Å². The molecule has 0 radical (unpaired) electrons. The monoisotopic (exact) mass is 276 g/mol. The van der Waals surface area contributed by atoms with Crippen LogP contribution in [-0.4, -0.2) is 19.1 Å². The highest BCUT2D eigenvalue weighted by atomic mass is 16.5. The third-order valence-electron chi connectivity index (χ3n) is 3.40. The molecule has 0 unspecified atom stereocenters. The van der Waals surface area contributed by atoms with Gasteiger partial charge in [0.05, 0.1) is 11.7 Å². The maximum atomic E-state index is 12.0. The van der Waals surface area contributed by atoms with E-state index in [9.17, 15) is 5.21 Å². The lowest BCUT2D eigenvalue weighted by Gasteiger charge is -2.25. The molecule has 0 amide bonds. The van der Waals surface area contributed by atoms with Crippen molar-refractivity contribution < 1.29 is 4.73 Å². The van der Waals surface area contributed by atoms with Crippen molar-refractivity contribution in [2.75, 3.05) is 29.0 Å². The molecule has 1 aliphatic rings. The van der Waals surface area contributed by atoms with Crippen LogP contribution in [0.25, 0.3) is 0 Å². The Labute approximate surface area is 120 Å². The molecule has 0 aromatic carbocycles. The summed E-state index contributed by atoms with van der Waals surface area (Å²) < 4.78 is 0.754. The second kappa shape index (κ2) is 6.03. The van der Waals surface area contributed by atoms with Crippen LogP contribution in [0.5, 0.6) is 0 Å². The first-order valence-corrected chi connectivity index (χ1v) is 7.17. The Bertz CT molecular complexity index is 511. The Kier molecular flexibility index (Phi) is 4.37. The first-order chi connectivity index (χ1) is 9.47. The Morgan fingerprint density at radius 1 is 1.40 bits per heavy atom.